The molecular formula is C18H30N2O2S. The van der Waals surface area contributed by atoms with Crippen LogP contribution in [0.5, 0.6) is 0 Å². The quantitative estimate of drug-likeness (QED) is 0.832. The Labute approximate surface area is 141 Å². The van der Waals surface area contributed by atoms with Gasteiger partial charge in [-0.2, -0.15) is 5.26 Å². The van der Waals surface area contributed by atoms with Crippen molar-refractivity contribution in [2.45, 2.75) is 82.4 Å². The number of nitriles is 1. The lowest BCUT2D eigenvalue weighted by Gasteiger charge is -2.35. The monoisotopic (exact) mass is 338 g/mol. The second-order valence-corrected chi connectivity index (χ2v) is 10.1. The highest BCUT2D eigenvalue weighted by molar-refractivity contribution is 7.90. The Morgan fingerprint density at radius 3 is 2.30 bits per heavy atom. The summed E-state index contributed by atoms with van der Waals surface area (Å²) in [7, 11) is -3.23. The molecule has 0 saturated heterocycles. The van der Waals surface area contributed by atoms with Gasteiger partial charge >= 0.3 is 0 Å². The molecule has 5 heteroatoms. The van der Waals surface area contributed by atoms with Crippen molar-refractivity contribution in [2.75, 3.05) is 0 Å². The van der Waals surface area contributed by atoms with Gasteiger partial charge in [0.2, 0.25) is 10.0 Å². The number of sulfonamides is 1. The predicted octanol–water partition coefficient (Wildman–Crippen LogP) is 3.59. The fraction of sp³-hybridized carbons (Fsp3) is 0.944. The first-order valence-corrected chi connectivity index (χ1v) is 10.9. The molecule has 23 heavy (non-hydrogen) atoms. The maximum atomic E-state index is 12.7. The zero-order chi connectivity index (χ0) is 16.4. The minimum atomic E-state index is -3.23. The Bertz CT molecular complexity index is 542. The van der Waals surface area contributed by atoms with E-state index in [0.29, 0.717) is 18.8 Å². The van der Waals surface area contributed by atoms with Crippen LogP contribution in [0.25, 0.3) is 0 Å². The zero-order valence-electron chi connectivity index (χ0n) is 14.2. The number of nitrogens with zero attached hydrogens (tertiary/aromatic N) is 1. The molecule has 1 N–H and O–H groups in total. The number of rotatable bonds is 5. The lowest BCUT2D eigenvalue weighted by molar-refractivity contribution is 0.215. The van der Waals surface area contributed by atoms with Crippen LogP contribution >= 0.6 is 0 Å². The Hall–Kier alpha value is -0.600. The molecule has 3 atom stereocenters. The van der Waals surface area contributed by atoms with Crippen molar-refractivity contribution < 1.29 is 8.42 Å². The highest BCUT2D eigenvalue weighted by Gasteiger charge is 2.38. The predicted molar refractivity (Wildman–Crippen MR) is 91.0 cm³/mol. The Kier molecular flexibility index (Phi) is 5.32. The first-order valence-electron chi connectivity index (χ1n) is 9.40. The molecule has 4 nitrogen and oxygen atoms in total. The van der Waals surface area contributed by atoms with Gasteiger partial charge in [-0.15, -0.1) is 0 Å². The van der Waals surface area contributed by atoms with E-state index in [2.05, 4.69) is 17.7 Å². The second-order valence-electron chi connectivity index (χ2n) is 8.09. The summed E-state index contributed by atoms with van der Waals surface area (Å²) in [6.07, 6.45) is 9.91. The van der Waals surface area contributed by atoms with E-state index < -0.39 is 10.0 Å². The van der Waals surface area contributed by atoms with E-state index in [-0.39, 0.29) is 17.2 Å². The van der Waals surface area contributed by atoms with Gasteiger partial charge in [0.1, 0.15) is 0 Å². The number of hydrogen-bond donors (Lipinski definition) is 1. The summed E-state index contributed by atoms with van der Waals surface area (Å²) < 4.78 is 28.4. The lowest BCUT2D eigenvalue weighted by atomic mass is 9.77. The average molecular weight is 339 g/mol. The van der Waals surface area contributed by atoms with E-state index in [1.54, 1.807) is 0 Å². The van der Waals surface area contributed by atoms with Crippen LogP contribution in [0.15, 0.2) is 0 Å². The van der Waals surface area contributed by atoms with Crippen LogP contribution in [0.3, 0.4) is 0 Å². The van der Waals surface area contributed by atoms with Crippen molar-refractivity contribution in [1.29, 1.82) is 5.26 Å². The molecule has 130 valence electrons. The molecule has 0 aliphatic heterocycles. The standard InChI is InChI=1S/C18H30N2O2S/c1-13(15-7-8-15)16-3-2-4-17(11-16)20-23(21,22)18-9-5-14(12-19)6-10-18/h13-18,20H,2-11H2,1H3. The highest BCUT2D eigenvalue weighted by atomic mass is 32.2. The third-order valence-corrected chi connectivity index (χ3v) is 8.46. The van der Waals surface area contributed by atoms with Crippen LogP contribution in [0.2, 0.25) is 0 Å². The van der Waals surface area contributed by atoms with Crippen molar-refractivity contribution in [2.24, 2.45) is 23.7 Å². The number of nitrogens with one attached hydrogen (secondary N) is 1. The minimum Gasteiger partial charge on any atom is -0.212 e. The topological polar surface area (TPSA) is 70.0 Å². The summed E-state index contributed by atoms with van der Waals surface area (Å²) in [5, 5.41) is 8.67. The van der Waals surface area contributed by atoms with Crippen LogP contribution < -0.4 is 4.72 Å². The van der Waals surface area contributed by atoms with Crippen molar-refractivity contribution in [3.8, 4) is 6.07 Å². The summed E-state index contributed by atoms with van der Waals surface area (Å²) >= 11 is 0. The van der Waals surface area contributed by atoms with Crippen LogP contribution in [-0.2, 0) is 10.0 Å². The first-order chi connectivity index (χ1) is 11.0. The van der Waals surface area contributed by atoms with E-state index in [0.717, 1.165) is 43.9 Å². The van der Waals surface area contributed by atoms with E-state index >= 15 is 0 Å². The molecule has 0 aromatic carbocycles. The molecule has 0 radical (unpaired) electrons. The summed E-state index contributed by atoms with van der Waals surface area (Å²) in [5.41, 5.74) is 0. The van der Waals surface area contributed by atoms with E-state index in [4.69, 9.17) is 5.26 Å². The van der Waals surface area contributed by atoms with E-state index in [9.17, 15) is 8.42 Å². The summed E-state index contributed by atoms with van der Waals surface area (Å²) in [5.74, 6) is 2.41. The summed E-state index contributed by atoms with van der Waals surface area (Å²) in [4.78, 5) is 0. The van der Waals surface area contributed by atoms with Crippen molar-refractivity contribution in [3.05, 3.63) is 0 Å². The third kappa shape index (κ3) is 4.28. The van der Waals surface area contributed by atoms with Gasteiger partial charge in [0.05, 0.1) is 11.3 Å². The smallest absolute Gasteiger partial charge is 0.212 e. The Morgan fingerprint density at radius 2 is 1.70 bits per heavy atom. The van der Waals surface area contributed by atoms with Crippen molar-refractivity contribution >= 4 is 10.0 Å². The van der Waals surface area contributed by atoms with E-state index in [1.807, 2.05) is 0 Å². The Balaban J connectivity index is 1.54. The summed E-state index contributed by atoms with van der Waals surface area (Å²) in [6.45, 7) is 2.36. The van der Waals surface area contributed by atoms with Gasteiger partial charge < -0.3 is 0 Å². The summed E-state index contributed by atoms with van der Waals surface area (Å²) in [6, 6.07) is 2.41. The normalized spacial score (nSPS) is 37.0. The van der Waals surface area contributed by atoms with Gasteiger partial charge in [0.15, 0.2) is 0 Å². The molecule has 3 saturated carbocycles. The van der Waals surface area contributed by atoms with E-state index in [1.165, 1.54) is 19.3 Å². The molecule has 3 fully saturated rings. The van der Waals surface area contributed by atoms with Gasteiger partial charge in [-0.3, -0.25) is 0 Å². The third-order valence-electron chi connectivity index (χ3n) is 6.45. The molecular weight excluding hydrogens is 308 g/mol. The second kappa shape index (κ2) is 7.11. The van der Waals surface area contributed by atoms with Crippen LogP contribution in [-0.4, -0.2) is 19.7 Å². The minimum absolute atomic E-state index is 0.0555. The Morgan fingerprint density at radius 1 is 1.00 bits per heavy atom. The largest absolute Gasteiger partial charge is 0.214 e. The fourth-order valence-corrected chi connectivity index (χ4v) is 6.41. The zero-order valence-corrected chi connectivity index (χ0v) is 15.0. The van der Waals surface area contributed by atoms with Crippen LogP contribution in [0.4, 0.5) is 0 Å². The number of hydrogen-bond acceptors (Lipinski definition) is 3. The van der Waals surface area contributed by atoms with Gasteiger partial charge in [-0.25, -0.2) is 13.1 Å². The molecule has 3 aliphatic carbocycles. The lowest BCUT2D eigenvalue weighted by Crippen LogP contribution is -2.44. The van der Waals surface area contributed by atoms with Gasteiger partial charge in [0, 0.05) is 12.0 Å². The van der Waals surface area contributed by atoms with Crippen molar-refractivity contribution in [3.63, 3.8) is 0 Å². The molecule has 0 spiro atoms. The van der Waals surface area contributed by atoms with Gasteiger partial charge in [-0.05, 0) is 69.1 Å². The molecule has 3 unspecified atom stereocenters. The SMILES string of the molecule is CC(C1CC1)C1CCCC(NS(=O)(=O)C2CCC(C#N)CC2)C1. The fourth-order valence-electron chi connectivity index (χ4n) is 4.65. The molecule has 0 bridgehead atoms. The van der Waals surface area contributed by atoms with Gasteiger partial charge in [-0.1, -0.05) is 19.8 Å². The molecule has 3 rings (SSSR count). The maximum absolute atomic E-state index is 12.7. The molecule has 0 aromatic heterocycles. The van der Waals surface area contributed by atoms with Crippen LogP contribution in [0.1, 0.15) is 71.1 Å². The molecule has 3 aliphatic rings. The highest BCUT2D eigenvalue weighted by Crippen LogP contribution is 2.44. The maximum Gasteiger partial charge on any atom is 0.214 e. The molecule has 0 heterocycles. The molecule has 0 aromatic rings. The average Bonchev–Trinajstić information content (AvgIpc) is 3.39. The van der Waals surface area contributed by atoms with Crippen LogP contribution in [0, 0.1) is 35.0 Å². The molecule has 0 amide bonds. The van der Waals surface area contributed by atoms with Crippen molar-refractivity contribution in [1.82, 2.24) is 4.72 Å². The van der Waals surface area contributed by atoms with Gasteiger partial charge in [0.25, 0.3) is 0 Å². The first kappa shape index (κ1) is 17.2.